The van der Waals surface area contributed by atoms with Crippen molar-refractivity contribution in [1.29, 1.82) is 0 Å². The van der Waals surface area contributed by atoms with Crippen molar-refractivity contribution in [3.8, 4) is 5.75 Å². The van der Waals surface area contributed by atoms with Gasteiger partial charge in [-0.2, -0.15) is 0 Å². The number of sulfonamides is 1. The van der Waals surface area contributed by atoms with Crippen LogP contribution in [-0.2, 0) is 19.9 Å². The quantitative estimate of drug-likeness (QED) is 0.843. The molecule has 0 heterocycles. The van der Waals surface area contributed by atoms with E-state index in [1.54, 1.807) is 0 Å². The number of benzene rings is 1. The maximum Gasteiger partial charge on any atom is 0.244 e. The molecule has 1 aromatic carbocycles. The second-order valence-electron chi connectivity index (χ2n) is 5.59. The number of hydrogen-bond donors (Lipinski definition) is 1. The van der Waals surface area contributed by atoms with Crippen LogP contribution in [0.2, 0.25) is 0 Å². The lowest BCUT2D eigenvalue weighted by Crippen LogP contribution is -2.29. The number of methoxy groups -OCH3 is 1. The van der Waals surface area contributed by atoms with Gasteiger partial charge in [-0.1, -0.05) is 12.8 Å². The van der Waals surface area contributed by atoms with Crippen LogP contribution in [0, 0.1) is 5.92 Å². The summed E-state index contributed by atoms with van der Waals surface area (Å²) < 4.78 is 55.8. The van der Waals surface area contributed by atoms with Crippen LogP contribution in [0.25, 0.3) is 0 Å². The molecule has 6 nitrogen and oxygen atoms in total. The second-order valence-corrected chi connectivity index (χ2v) is 9.34. The molecule has 124 valence electrons. The average molecular weight is 347 g/mol. The van der Waals surface area contributed by atoms with E-state index in [2.05, 4.69) is 4.72 Å². The van der Waals surface area contributed by atoms with Gasteiger partial charge in [0.15, 0.2) is 9.84 Å². The van der Waals surface area contributed by atoms with Crippen molar-refractivity contribution in [1.82, 2.24) is 4.72 Å². The highest BCUT2D eigenvalue weighted by molar-refractivity contribution is 7.91. The van der Waals surface area contributed by atoms with Gasteiger partial charge >= 0.3 is 0 Å². The zero-order chi connectivity index (χ0) is 16.4. The molecular formula is C14H21NO5S2. The van der Waals surface area contributed by atoms with E-state index in [0.717, 1.165) is 38.0 Å². The fraction of sp³-hybridized carbons (Fsp3) is 0.571. The summed E-state index contributed by atoms with van der Waals surface area (Å²) >= 11 is 0. The minimum Gasteiger partial charge on any atom is -0.495 e. The smallest absolute Gasteiger partial charge is 0.244 e. The van der Waals surface area contributed by atoms with Crippen LogP contribution in [0.3, 0.4) is 0 Å². The molecule has 0 spiro atoms. The fourth-order valence-corrected chi connectivity index (χ4v) is 4.65. The van der Waals surface area contributed by atoms with E-state index >= 15 is 0 Å². The Hall–Kier alpha value is -1.12. The highest BCUT2D eigenvalue weighted by Gasteiger charge is 2.24. The van der Waals surface area contributed by atoms with Crippen LogP contribution in [0.4, 0.5) is 0 Å². The van der Waals surface area contributed by atoms with Crippen LogP contribution in [0.1, 0.15) is 25.7 Å². The Bertz CT molecular complexity index is 734. The average Bonchev–Trinajstić information content (AvgIpc) is 2.97. The maximum atomic E-state index is 12.5. The van der Waals surface area contributed by atoms with E-state index in [1.807, 2.05) is 0 Å². The van der Waals surface area contributed by atoms with Crippen molar-refractivity contribution < 1.29 is 21.6 Å². The van der Waals surface area contributed by atoms with Gasteiger partial charge in [0.25, 0.3) is 0 Å². The molecule has 0 bridgehead atoms. The summed E-state index contributed by atoms with van der Waals surface area (Å²) in [6.45, 7) is 0.370. The maximum absolute atomic E-state index is 12.5. The van der Waals surface area contributed by atoms with Gasteiger partial charge in [0.2, 0.25) is 10.0 Å². The van der Waals surface area contributed by atoms with Crippen LogP contribution in [-0.4, -0.2) is 36.7 Å². The normalized spacial score (nSPS) is 16.8. The summed E-state index contributed by atoms with van der Waals surface area (Å²) in [5, 5.41) is 0. The molecule has 0 amide bonds. The Balaban J connectivity index is 2.31. The molecule has 1 aromatic rings. The Morgan fingerprint density at radius 3 is 2.36 bits per heavy atom. The zero-order valence-electron chi connectivity index (χ0n) is 12.7. The van der Waals surface area contributed by atoms with Gasteiger partial charge in [-0.25, -0.2) is 21.6 Å². The van der Waals surface area contributed by atoms with Crippen molar-refractivity contribution in [3.63, 3.8) is 0 Å². The van der Waals surface area contributed by atoms with Crippen molar-refractivity contribution in [2.24, 2.45) is 5.92 Å². The number of rotatable bonds is 6. The summed E-state index contributed by atoms with van der Waals surface area (Å²) in [5.74, 6) is 0.477. The third-order valence-corrected chi connectivity index (χ3v) is 6.44. The highest BCUT2D eigenvalue weighted by Crippen LogP contribution is 2.28. The predicted molar refractivity (Wildman–Crippen MR) is 83.3 cm³/mol. The van der Waals surface area contributed by atoms with Crippen molar-refractivity contribution in [2.45, 2.75) is 35.5 Å². The van der Waals surface area contributed by atoms with Gasteiger partial charge in [-0.05, 0) is 37.0 Å². The SMILES string of the molecule is COc1ccc(S(C)(=O)=O)cc1S(=O)(=O)NCC1CCCC1. The number of sulfone groups is 1. The summed E-state index contributed by atoms with van der Waals surface area (Å²) in [4.78, 5) is -0.189. The molecular weight excluding hydrogens is 326 g/mol. The van der Waals surface area contributed by atoms with Crippen molar-refractivity contribution >= 4 is 19.9 Å². The molecule has 1 aliphatic carbocycles. The largest absolute Gasteiger partial charge is 0.495 e. The monoisotopic (exact) mass is 347 g/mol. The molecule has 0 aromatic heterocycles. The first-order chi connectivity index (χ1) is 10.2. The first-order valence-corrected chi connectivity index (χ1v) is 10.5. The van der Waals surface area contributed by atoms with E-state index in [0.29, 0.717) is 12.5 Å². The van der Waals surface area contributed by atoms with E-state index in [9.17, 15) is 16.8 Å². The summed E-state index contributed by atoms with van der Waals surface area (Å²) in [5.41, 5.74) is 0. The first-order valence-electron chi connectivity index (χ1n) is 7.12. The van der Waals surface area contributed by atoms with E-state index < -0.39 is 19.9 Å². The van der Waals surface area contributed by atoms with Gasteiger partial charge in [-0.15, -0.1) is 0 Å². The molecule has 1 fully saturated rings. The third-order valence-electron chi connectivity index (χ3n) is 3.89. The summed E-state index contributed by atoms with van der Waals surface area (Å²) in [6.07, 6.45) is 5.32. The lowest BCUT2D eigenvalue weighted by Gasteiger charge is -2.14. The minimum absolute atomic E-state index is 0.0467. The van der Waals surface area contributed by atoms with Gasteiger partial charge in [-0.3, -0.25) is 0 Å². The molecule has 0 unspecified atom stereocenters. The van der Waals surface area contributed by atoms with Crippen molar-refractivity contribution in [2.75, 3.05) is 19.9 Å². The van der Waals surface area contributed by atoms with Crippen LogP contribution < -0.4 is 9.46 Å². The first kappa shape index (κ1) is 17.2. The van der Waals surface area contributed by atoms with Gasteiger partial charge in [0.05, 0.1) is 12.0 Å². The Morgan fingerprint density at radius 2 is 1.82 bits per heavy atom. The lowest BCUT2D eigenvalue weighted by atomic mass is 10.1. The topological polar surface area (TPSA) is 89.5 Å². The minimum atomic E-state index is -3.81. The highest BCUT2D eigenvalue weighted by atomic mass is 32.2. The summed E-state index contributed by atoms with van der Waals surface area (Å²) in [6, 6.07) is 3.84. The van der Waals surface area contributed by atoms with E-state index in [1.165, 1.54) is 19.2 Å². The number of nitrogens with one attached hydrogen (secondary N) is 1. The second kappa shape index (κ2) is 6.55. The number of hydrogen-bond acceptors (Lipinski definition) is 5. The Labute approximate surface area is 131 Å². The van der Waals surface area contributed by atoms with Crippen LogP contribution in [0.15, 0.2) is 28.0 Å². The molecule has 1 saturated carbocycles. The lowest BCUT2D eigenvalue weighted by molar-refractivity contribution is 0.401. The standard InChI is InChI=1S/C14H21NO5S2/c1-20-13-8-7-12(21(2,16)17)9-14(13)22(18,19)15-10-11-5-3-4-6-11/h7-9,11,15H,3-6,10H2,1-2H3. The molecule has 22 heavy (non-hydrogen) atoms. The molecule has 0 aliphatic heterocycles. The molecule has 8 heteroatoms. The Kier molecular flexibility index (Phi) is 5.14. The Morgan fingerprint density at radius 1 is 1.18 bits per heavy atom. The molecule has 1 aliphatic rings. The number of ether oxygens (including phenoxy) is 1. The molecule has 1 N–H and O–H groups in total. The summed E-state index contributed by atoms with van der Waals surface area (Å²) in [7, 11) is -5.95. The van der Waals surface area contributed by atoms with Crippen molar-refractivity contribution in [3.05, 3.63) is 18.2 Å². The molecule has 0 atom stereocenters. The molecule has 2 rings (SSSR count). The van der Waals surface area contributed by atoms with Crippen LogP contribution in [0.5, 0.6) is 5.75 Å². The molecule has 0 radical (unpaired) electrons. The van der Waals surface area contributed by atoms with Gasteiger partial charge in [0.1, 0.15) is 10.6 Å². The van der Waals surface area contributed by atoms with Gasteiger partial charge < -0.3 is 4.74 Å². The van der Waals surface area contributed by atoms with E-state index in [4.69, 9.17) is 4.74 Å². The van der Waals surface area contributed by atoms with Crippen LogP contribution >= 0.6 is 0 Å². The molecule has 0 saturated heterocycles. The van der Waals surface area contributed by atoms with E-state index in [-0.39, 0.29) is 15.5 Å². The predicted octanol–water partition coefficient (Wildman–Crippen LogP) is 1.57. The fourth-order valence-electron chi connectivity index (χ4n) is 2.62. The van der Waals surface area contributed by atoms with Gasteiger partial charge in [0, 0.05) is 12.8 Å². The zero-order valence-corrected chi connectivity index (χ0v) is 14.3. The third kappa shape index (κ3) is 3.99.